The highest BCUT2D eigenvalue weighted by molar-refractivity contribution is 6.01. The van der Waals surface area contributed by atoms with Gasteiger partial charge in [0, 0.05) is 90.9 Å². The Hall–Kier alpha value is -16.9. The van der Waals surface area contributed by atoms with Gasteiger partial charge in [0.05, 0.1) is 131 Å². The number of esters is 6. The van der Waals surface area contributed by atoms with Crippen LogP contribution >= 0.6 is 0 Å². The van der Waals surface area contributed by atoms with Gasteiger partial charge >= 0.3 is 35.8 Å². The number of nitro benzene ring substituents is 4. The molecule has 11 rings (SSSR count). The molecule has 0 amide bonds. The van der Waals surface area contributed by atoms with E-state index in [9.17, 15) is 74.0 Å². The van der Waals surface area contributed by atoms with Crippen LogP contribution in [-0.4, -0.2) is 148 Å². The SMILES string of the molecule is CC(=O)c1cccc(C(=O)OCCN(CCOC(=O)c2cc(C(=O)OCCN(C)c3ccc(N=Nc4ccc([N+](=O)[O-])cc4)cc3)cc(C(=O)OCCN(COC(=O)c3cccc(C(=O)OCCN(C)c4ccc(N=Nc5ccc([N+](=O)[O-])cc5)cc4)c3)c3ccc(N=Nc4ccc([N+](=O)[O-])cc4)cc3)c2)c2ccc(N=Nc3ccc([N+](=O)[O-])cc3)cc2)c1. The Morgan fingerprint density at radius 3 is 0.750 bits per heavy atom. The molecule has 124 heavy (non-hydrogen) atoms. The van der Waals surface area contributed by atoms with Crippen LogP contribution in [0.3, 0.4) is 0 Å². The molecule has 0 fully saturated rings. The van der Waals surface area contributed by atoms with Crippen LogP contribution in [0, 0.1) is 40.5 Å². The van der Waals surface area contributed by atoms with E-state index in [-0.39, 0.29) is 121 Å². The fourth-order valence-electron chi connectivity index (χ4n) is 11.5. The third-order valence-electron chi connectivity index (χ3n) is 18.3. The molecule has 628 valence electrons. The van der Waals surface area contributed by atoms with E-state index >= 15 is 0 Å². The van der Waals surface area contributed by atoms with Crippen molar-refractivity contribution in [2.45, 2.75) is 6.92 Å². The summed E-state index contributed by atoms with van der Waals surface area (Å²) in [4.78, 5) is 145. The number of ether oxygens (including phenoxy) is 6. The maximum Gasteiger partial charge on any atom is 0.339 e. The third-order valence-corrected chi connectivity index (χ3v) is 18.3. The predicted octanol–water partition coefficient (Wildman–Crippen LogP) is 18.8. The number of nitrogens with zero attached hydrogens (tertiary/aromatic N) is 16. The monoisotopic (exact) mass is 1680 g/mol. The van der Waals surface area contributed by atoms with Gasteiger partial charge in [-0.15, -0.1) is 0 Å². The summed E-state index contributed by atoms with van der Waals surface area (Å²) in [5.74, 6) is -5.57. The van der Waals surface area contributed by atoms with Crippen LogP contribution in [0.15, 0.2) is 302 Å². The van der Waals surface area contributed by atoms with Crippen LogP contribution in [0.1, 0.15) is 79.4 Å². The lowest BCUT2D eigenvalue weighted by Gasteiger charge is -2.25. The molecule has 0 atom stereocenters. The summed E-state index contributed by atoms with van der Waals surface area (Å²) in [6, 6.07) is 64.0. The van der Waals surface area contributed by atoms with Crippen molar-refractivity contribution in [1.29, 1.82) is 0 Å². The first-order valence-electron chi connectivity index (χ1n) is 37.7. The Balaban J connectivity index is 0.781. The van der Waals surface area contributed by atoms with E-state index in [1.165, 1.54) is 157 Å². The number of hydrogen-bond acceptors (Lipinski definition) is 33. The van der Waals surface area contributed by atoms with Crippen LogP contribution in [-0.2, 0) is 28.4 Å². The number of rotatable bonds is 40. The summed E-state index contributed by atoms with van der Waals surface area (Å²) < 4.78 is 34.5. The average molecular weight is 1680 g/mol. The van der Waals surface area contributed by atoms with Crippen LogP contribution in [0.25, 0.3) is 0 Å². The number of azo groups is 4. The number of non-ortho nitro benzene ring substituents is 4. The van der Waals surface area contributed by atoms with Crippen molar-refractivity contribution in [1.82, 2.24) is 0 Å². The molecule has 0 spiro atoms. The maximum absolute atomic E-state index is 14.5. The van der Waals surface area contributed by atoms with Gasteiger partial charge in [-0.3, -0.25) is 45.3 Å². The molecule has 37 nitrogen and oxygen atoms in total. The third kappa shape index (κ3) is 25.8. The highest BCUT2D eigenvalue weighted by Gasteiger charge is 2.24. The van der Waals surface area contributed by atoms with Gasteiger partial charge in [0.2, 0.25) is 0 Å². The number of anilines is 4. The van der Waals surface area contributed by atoms with E-state index in [1.807, 2.05) is 4.90 Å². The zero-order valence-corrected chi connectivity index (χ0v) is 66.3. The first kappa shape index (κ1) is 87.9. The van der Waals surface area contributed by atoms with Crippen molar-refractivity contribution in [2.24, 2.45) is 40.9 Å². The summed E-state index contributed by atoms with van der Waals surface area (Å²) in [7, 11) is 3.53. The van der Waals surface area contributed by atoms with Gasteiger partial charge in [0.15, 0.2) is 12.5 Å². The van der Waals surface area contributed by atoms with Crippen LogP contribution in [0.4, 0.5) is 91.0 Å². The number of nitro groups is 4. The van der Waals surface area contributed by atoms with Crippen molar-refractivity contribution in [3.05, 3.63) is 340 Å². The molecule has 0 N–H and O–H groups in total. The lowest BCUT2D eigenvalue weighted by Crippen LogP contribution is -2.32. The van der Waals surface area contributed by atoms with E-state index in [1.54, 1.807) is 133 Å². The summed E-state index contributed by atoms with van der Waals surface area (Å²) in [5.41, 5.74) is 4.73. The Morgan fingerprint density at radius 1 is 0.266 bits per heavy atom. The molecule has 0 radical (unpaired) electrons. The minimum absolute atomic E-state index is 0.0267. The van der Waals surface area contributed by atoms with Crippen molar-refractivity contribution in [3.63, 3.8) is 0 Å². The molecule has 11 aromatic carbocycles. The molecule has 0 heterocycles. The van der Waals surface area contributed by atoms with Crippen molar-refractivity contribution in [3.8, 4) is 0 Å². The fraction of sp³-hybridized carbons (Fsp3) is 0.161. The minimum atomic E-state index is -1.03. The smallest absolute Gasteiger partial charge is 0.339 e. The zero-order chi connectivity index (χ0) is 88.0. The topological polar surface area (TPSA) is 459 Å². The first-order chi connectivity index (χ1) is 59.8. The van der Waals surface area contributed by atoms with E-state index < -0.39 is 68.8 Å². The minimum Gasteiger partial charge on any atom is -0.460 e. The molecule has 37 heteroatoms. The Labute approximate surface area is 705 Å². The molecule has 0 aliphatic heterocycles. The molecular formula is C87H74N16O21. The largest absolute Gasteiger partial charge is 0.460 e. The van der Waals surface area contributed by atoms with E-state index in [0.29, 0.717) is 68.1 Å². The molecule has 0 saturated carbocycles. The second kappa shape index (κ2) is 43.0. The van der Waals surface area contributed by atoms with Crippen LogP contribution < -0.4 is 19.6 Å². The van der Waals surface area contributed by atoms with Gasteiger partial charge in [0.1, 0.15) is 33.0 Å². The zero-order valence-electron chi connectivity index (χ0n) is 66.3. The van der Waals surface area contributed by atoms with E-state index in [0.717, 1.165) is 11.8 Å². The fourth-order valence-corrected chi connectivity index (χ4v) is 11.5. The highest BCUT2D eigenvalue weighted by Crippen LogP contribution is 2.31. The number of ketones is 1. The van der Waals surface area contributed by atoms with E-state index in [2.05, 4.69) is 40.9 Å². The second-order valence-corrected chi connectivity index (χ2v) is 26.8. The Bertz CT molecular complexity index is 5830. The first-order valence-corrected chi connectivity index (χ1v) is 37.7. The highest BCUT2D eigenvalue weighted by atomic mass is 16.6. The Morgan fingerprint density at radius 2 is 0.476 bits per heavy atom. The van der Waals surface area contributed by atoms with Crippen molar-refractivity contribution >= 4 is 133 Å². The van der Waals surface area contributed by atoms with Crippen molar-refractivity contribution < 1.29 is 81.7 Å². The molecule has 0 unspecified atom stereocenters. The van der Waals surface area contributed by atoms with Gasteiger partial charge < -0.3 is 48.0 Å². The van der Waals surface area contributed by atoms with Gasteiger partial charge in [0.25, 0.3) is 22.7 Å². The molecule has 0 aliphatic carbocycles. The molecule has 0 saturated heterocycles. The van der Waals surface area contributed by atoms with E-state index in [4.69, 9.17) is 28.4 Å². The lowest BCUT2D eigenvalue weighted by atomic mass is 10.1. The summed E-state index contributed by atoms with van der Waals surface area (Å²) in [5, 5.41) is 78.1. The number of hydrogen-bond donors (Lipinski definition) is 0. The summed E-state index contributed by atoms with van der Waals surface area (Å²) in [6.07, 6.45) is 0. The number of carbonyl (C=O) groups excluding carboxylic acids is 7. The quantitative estimate of drug-likeness (QED) is 0.00654. The standard InChI is InChI=1S/C87H74N16O21/c1-58(104)59-6-4-7-60(52-59)82(105)121-49-44-98(76-30-14-68(15-31-76)90-94-72-22-38-80(39-23-72)102(115)116)45-50-122-86(109)64-54-63(85(108)120-48-43-97(3)75-28-12-67(13-29-75)89-93-71-20-36-79(37-21-71)101(113)114)55-65(56-64)87(110)123-51-46-99(77-32-16-69(17-33-77)91-95-73-24-40-81(41-25-73)103(117)118)57-124-84(107)62-9-5-8-61(53-62)83(106)119-47-42-96(2)74-26-10-66(11-27-74)88-92-70-18-34-78(35-19-70)100(111)112/h4-41,52-56H,42-51,57H2,1-3H3. The number of carbonyl (C=O) groups is 7. The van der Waals surface area contributed by atoms with Gasteiger partial charge in [-0.05, 0) is 201 Å². The summed E-state index contributed by atoms with van der Waals surface area (Å²) in [6.45, 7) is -0.148. The predicted molar refractivity (Wildman–Crippen MR) is 452 cm³/mol. The average Bonchev–Trinajstić information content (AvgIpc) is 0.825. The second-order valence-electron chi connectivity index (χ2n) is 26.8. The molecular weight excluding hydrogens is 1610 g/mol. The van der Waals surface area contributed by atoms with Gasteiger partial charge in [-0.2, -0.15) is 40.9 Å². The maximum atomic E-state index is 14.5. The number of likely N-dealkylation sites (N-methyl/N-ethyl adjacent to an activating group) is 2. The van der Waals surface area contributed by atoms with Crippen LogP contribution in [0.5, 0.6) is 0 Å². The van der Waals surface area contributed by atoms with Crippen LogP contribution in [0.2, 0.25) is 0 Å². The normalized spacial score (nSPS) is 11.1. The number of Topliss-reactive ketones (excluding diaryl/α,β-unsaturated/α-hetero) is 1. The summed E-state index contributed by atoms with van der Waals surface area (Å²) >= 11 is 0. The van der Waals surface area contributed by atoms with Gasteiger partial charge in [-0.1, -0.05) is 18.2 Å². The molecule has 0 aliphatic rings. The molecule has 0 bridgehead atoms. The lowest BCUT2D eigenvalue weighted by molar-refractivity contribution is -0.385. The Kier molecular flexibility index (Phi) is 30.5. The molecule has 11 aromatic rings. The number of benzene rings is 11. The molecule has 0 aromatic heterocycles. The van der Waals surface area contributed by atoms with Gasteiger partial charge in [-0.25, -0.2) is 28.8 Å². The van der Waals surface area contributed by atoms with Crippen molar-refractivity contribution in [2.75, 3.05) is 106 Å².